The van der Waals surface area contributed by atoms with Crippen LogP contribution in [0.4, 0.5) is 0 Å². The van der Waals surface area contributed by atoms with Gasteiger partial charge in [-0.1, -0.05) is 51.2 Å². The van der Waals surface area contributed by atoms with Crippen LogP contribution in [0.25, 0.3) is 0 Å². The van der Waals surface area contributed by atoms with Crippen molar-refractivity contribution in [2.75, 3.05) is 159 Å². The van der Waals surface area contributed by atoms with Gasteiger partial charge in [-0.3, -0.25) is 0 Å². The zero-order chi connectivity index (χ0) is 36.4. The van der Waals surface area contributed by atoms with Crippen LogP contribution in [0, 0.1) is 0 Å². The first-order chi connectivity index (χ1) is 25.4. The van der Waals surface area contributed by atoms with Crippen LogP contribution in [0.5, 0.6) is 5.75 Å². The first-order valence-corrected chi connectivity index (χ1v) is 19.1. The Balaban J connectivity index is 1.68. The second kappa shape index (κ2) is 41.3. The van der Waals surface area contributed by atoms with E-state index in [1.54, 1.807) is 0 Å². The normalized spacial score (nSPS) is 11.5. The lowest BCUT2D eigenvalue weighted by molar-refractivity contribution is -0.0276. The summed E-state index contributed by atoms with van der Waals surface area (Å²) in [6, 6.07) is 8.43. The van der Waals surface area contributed by atoms with E-state index in [4.69, 9.17) is 62.6 Å². The Hall–Kier alpha value is -1.46. The first kappa shape index (κ1) is 47.6. The third-order valence-electron chi connectivity index (χ3n) is 7.22. The van der Waals surface area contributed by atoms with E-state index in [1.807, 2.05) is 0 Å². The molecule has 0 unspecified atom stereocenters. The molecule has 1 aromatic rings. The lowest BCUT2D eigenvalue weighted by atomic mass is 10.0. The SMILES string of the molecule is CCCCCCCCc1ccc(OCCOCCOCCOCCOCCOCCOCCOCCOCCOCCOCCOCCN)cc1. The molecule has 1 rings (SSSR count). The standard InChI is InChI=1S/C38H71NO12/c1-2-3-4-5-6-7-8-37-9-11-38(12-10-37)51-36-35-50-34-33-49-32-31-48-30-29-47-28-27-46-26-25-45-24-23-44-22-21-43-20-19-42-18-17-41-16-15-40-14-13-39/h9-12H,2-8,13-36,39H2,1H3. The highest BCUT2D eigenvalue weighted by molar-refractivity contribution is 5.27. The van der Waals surface area contributed by atoms with Crippen LogP contribution >= 0.6 is 0 Å². The van der Waals surface area contributed by atoms with Gasteiger partial charge in [0.1, 0.15) is 12.4 Å². The Morgan fingerprint density at radius 1 is 0.353 bits per heavy atom. The molecule has 0 atom stereocenters. The number of benzene rings is 1. The molecule has 13 nitrogen and oxygen atoms in total. The molecule has 0 saturated heterocycles. The molecule has 0 fully saturated rings. The van der Waals surface area contributed by atoms with Gasteiger partial charge in [0.15, 0.2) is 0 Å². The molecular formula is C38H71NO12. The molecule has 0 bridgehead atoms. The highest BCUT2D eigenvalue weighted by Crippen LogP contribution is 2.15. The van der Waals surface area contributed by atoms with Gasteiger partial charge in [-0.15, -0.1) is 0 Å². The van der Waals surface area contributed by atoms with Crippen molar-refractivity contribution < 1.29 is 56.8 Å². The molecule has 1 aromatic carbocycles. The van der Waals surface area contributed by atoms with Crippen molar-refractivity contribution in [3.05, 3.63) is 29.8 Å². The van der Waals surface area contributed by atoms with Crippen molar-refractivity contribution in [1.82, 2.24) is 0 Å². The maximum absolute atomic E-state index is 5.77. The predicted molar refractivity (Wildman–Crippen MR) is 197 cm³/mol. The van der Waals surface area contributed by atoms with Crippen LogP contribution < -0.4 is 10.5 Å². The molecule has 2 N–H and O–H groups in total. The highest BCUT2D eigenvalue weighted by Gasteiger charge is 1.99. The smallest absolute Gasteiger partial charge is 0.119 e. The minimum absolute atomic E-state index is 0.511. The van der Waals surface area contributed by atoms with E-state index < -0.39 is 0 Å². The Morgan fingerprint density at radius 3 is 0.980 bits per heavy atom. The van der Waals surface area contributed by atoms with Crippen LogP contribution in [0.1, 0.15) is 51.0 Å². The van der Waals surface area contributed by atoms with Gasteiger partial charge in [0.25, 0.3) is 0 Å². The van der Waals surface area contributed by atoms with E-state index in [0.717, 1.165) is 12.2 Å². The van der Waals surface area contributed by atoms with Crippen molar-refractivity contribution in [2.24, 2.45) is 5.73 Å². The number of unbranched alkanes of at least 4 members (excludes halogenated alkanes) is 5. The van der Waals surface area contributed by atoms with E-state index in [1.165, 1.54) is 44.1 Å². The van der Waals surface area contributed by atoms with Crippen molar-refractivity contribution in [2.45, 2.75) is 51.9 Å². The molecule has 0 aliphatic carbocycles. The molecule has 300 valence electrons. The van der Waals surface area contributed by atoms with Crippen molar-refractivity contribution in [3.63, 3.8) is 0 Å². The van der Waals surface area contributed by atoms with E-state index in [0.29, 0.717) is 159 Å². The monoisotopic (exact) mass is 733 g/mol. The largest absolute Gasteiger partial charge is 0.491 e. The zero-order valence-corrected chi connectivity index (χ0v) is 31.7. The molecule has 0 amide bonds. The van der Waals surface area contributed by atoms with Gasteiger partial charge < -0.3 is 62.6 Å². The number of hydrogen-bond acceptors (Lipinski definition) is 13. The van der Waals surface area contributed by atoms with E-state index in [-0.39, 0.29) is 0 Å². The number of rotatable bonds is 43. The molecule has 0 spiro atoms. The fourth-order valence-corrected chi connectivity index (χ4v) is 4.46. The summed E-state index contributed by atoms with van der Waals surface area (Å²) < 4.78 is 65.9. The van der Waals surface area contributed by atoms with Crippen LogP contribution in [-0.4, -0.2) is 159 Å². The van der Waals surface area contributed by atoms with Crippen LogP contribution in [0.2, 0.25) is 0 Å². The average molecular weight is 734 g/mol. The van der Waals surface area contributed by atoms with E-state index >= 15 is 0 Å². The van der Waals surface area contributed by atoms with Gasteiger partial charge in [-0.05, 0) is 30.5 Å². The lowest BCUT2D eigenvalue weighted by Gasteiger charge is -2.09. The van der Waals surface area contributed by atoms with Gasteiger partial charge in [-0.2, -0.15) is 0 Å². The summed E-state index contributed by atoms with van der Waals surface area (Å²) in [6.07, 6.45) is 9.09. The second-order valence-corrected chi connectivity index (χ2v) is 11.5. The Kier molecular flexibility index (Phi) is 38.5. The molecule has 51 heavy (non-hydrogen) atoms. The number of hydrogen-bond donors (Lipinski definition) is 1. The summed E-state index contributed by atoms with van der Waals surface area (Å²) in [5.41, 5.74) is 6.71. The summed E-state index contributed by atoms with van der Waals surface area (Å²) in [5, 5.41) is 0. The number of ether oxygens (including phenoxy) is 12. The summed E-state index contributed by atoms with van der Waals surface area (Å²) in [6.45, 7) is 14.8. The molecule has 0 aliphatic rings. The molecule has 0 aromatic heterocycles. The summed E-state index contributed by atoms with van der Waals surface area (Å²) >= 11 is 0. The van der Waals surface area contributed by atoms with Crippen molar-refractivity contribution in [3.8, 4) is 5.75 Å². The van der Waals surface area contributed by atoms with Gasteiger partial charge in [0.2, 0.25) is 0 Å². The minimum atomic E-state index is 0.511. The van der Waals surface area contributed by atoms with Gasteiger partial charge in [-0.25, -0.2) is 0 Å². The molecule has 0 heterocycles. The Bertz CT molecular complexity index is 793. The molecule has 13 heteroatoms. The summed E-state index contributed by atoms with van der Waals surface area (Å²) in [5.74, 6) is 0.885. The van der Waals surface area contributed by atoms with Crippen LogP contribution in [0.15, 0.2) is 24.3 Å². The van der Waals surface area contributed by atoms with Gasteiger partial charge in [0.05, 0.1) is 145 Å². The summed E-state index contributed by atoms with van der Waals surface area (Å²) in [7, 11) is 0. The molecular weight excluding hydrogens is 662 g/mol. The van der Waals surface area contributed by atoms with Crippen molar-refractivity contribution >= 4 is 0 Å². The lowest BCUT2D eigenvalue weighted by Crippen LogP contribution is -2.16. The maximum Gasteiger partial charge on any atom is 0.119 e. The quantitative estimate of drug-likeness (QED) is 0.0966. The fraction of sp³-hybridized carbons (Fsp3) is 0.842. The Labute approximate surface area is 308 Å². The third kappa shape index (κ3) is 36.7. The van der Waals surface area contributed by atoms with Crippen LogP contribution in [0.3, 0.4) is 0 Å². The molecule has 0 radical (unpaired) electrons. The average Bonchev–Trinajstić information content (AvgIpc) is 3.15. The van der Waals surface area contributed by atoms with E-state index in [2.05, 4.69) is 31.2 Å². The minimum Gasteiger partial charge on any atom is -0.491 e. The highest BCUT2D eigenvalue weighted by atomic mass is 16.6. The van der Waals surface area contributed by atoms with Crippen molar-refractivity contribution in [1.29, 1.82) is 0 Å². The predicted octanol–water partition coefficient (Wildman–Crippen LogP) is 4.11. The van der Waals surface area contributed by atoms with Gasteiger partial charge in [0, 0.05) is 6.54 Å². The third-order valence-corrected chi connectivity index (χ3v) is 7.22. The topological polar surface area (TPSA) is 137 Å². The van der Waals surface area contributed by atoms with E-state index in [9.17, 15) is 0 Å². The molecule has 0 saturated carbocycles. The summed E-state index contributed by atoms with van der Waals surface area (Å²) in [4.78, 5) is 0. The second-order valence-electron chi connectivity index (χ2n) is 11.5. The first-order valence-electron chi connectivity index (χ1n) is 19.1. The van der Waals surface area contributed by atoms with Gasteiger partial charge >= 0.3 is 0 Å². The van der Waals surface area contributed by atoms with Crippen LogP contribution in [-0.2, 0) is 58.5 Å². The fourth-order valence-electron chi connectivity index (χ4n) is 4.46. The number of aryl methyl sites for hydroxylation is 1. The zero-order valence-electron chi connectivity index (χ0n) is 31.7. The molecule has 0 aliphatic heterocycles. The number of nitrogens with two attached hydrogens (primary N) is 1. The Morgan fingerprint density at radius 2 is 0.647 bits per heavy atom. The maximum atomic E-state index is 5.77.